The quantitative estimate of drug-likeness (QED) is 0.674. The number of amides is 4. The molecule has 3 rings (SSSR count). The smallest absolute Gasteiger partial charge is 0.335 e. The molecule has 1 aliphatic heterocycles. The zero-order valence-electron chi connectivity index (χ0n) is 14.0. The van der Waals surface area contributed by atoms with E-state index in [1.165, 1.54) is 18.2 Å². The van der Waals surface area contributed by atoms with Gasteiger partial charge in [0, 0.05) is 18.4 Å². The number of aryl methyl sites for hydroxylation is 1. The van der Waals surface area contributed by atoms with Crippen molar-refractivity contribution in [3.8, 4) is 0 Å². The number of carbonyl (C=O) groups excluding carboxylic acids is 3. The summed E-state index contributed by atoms with van der Waals surface area (Å²) in [5.41, 5.74) is 2.60. The second-order valence-electron chi connectivity index (χ2n) is 5.82. The van der Waals surface area contributed by atoms with Crippen LogP contribution in [0.5, 0.6) is 0 Å². The highest BCUT2D eigenvalue weighted by atomic mass is 19.1. The molecule has 1 aliphatic rings. The second kappa shape index (κ2) is 6.01. The van der Waals surface area contributed by atoms with Gasteiger partial charge < -0.3 is 4.57 Å². The van der Waals surface area contributed by atoms with Crippen LogP contribution in [-0.2, 0) is 16.6 Å². The summed E-state index contributed by atoms with van der Waals surface area (Å²) in [7, 11) is 1.88. The summed E-state index contributed by atoms with van der Waals surface area (Å²) < 4.78 is 15.0. The minimum Gasteiger partial charge on any atom is -0.352 e. The fraction of sp³-hybridized carbons (Fsp3) is 0.167. The van der Waals surface area contributed by atoms with Gasteiger partial charge in [-0.3, -0.25) is 14.9 Å². The van der Waals surface area contributed by atoms with Crippen molar-refractivity contribution in [2.24, 2.45) is 7.05 Å². The predicted octanol–water partition coefficient (Wildman–Crippen LogP) is 2.45. The molecular formula is C18H16FN3O3. The molecule has 128 valence electrons. The molecule has 25 heavy (non-hydrogen) atoms. The molecule has 7 heteroatoms. The number of benzene rings is 1. The van der Waals surface area contributed by atoms with Crippen LogP contribution in [-0.4, -0.2) is 22.4 Å². The van der Waals surface area contributed by atoms with E-state index in [1.807, 2.05) is 31.5 Å². The third-order valence-electron chi connectivity index (χ3n) is 4.30. The molecule has 1 aromatic carbocycles. The summed E-state index contributed by atoms with van der Waals surface area (Å²) in [6, 6.07) is 5.87. The van der Waals surface area contributed by atoms with E-state index < -0.39 is 23.7 Å². The van der Waals surface area contributed by atoms with E-state index in [1.54, 1.807) is 0 Å². The Balaban J connectivity index is 2.05. The zero-order valence-corrected chi connectivity index (χ0v) is 14.0. The molecule has 6 nitrogen and oxygen atoms in total. The lowest BCUT2D eigenvalue weighted by molar-refractivity contribution is -0.122. The number of imide groups is 2. The van der Waals surface area contributed by atoms with Crippen LogP contribution in [0.3, 0.4) is 0 Å². The maximum Gasteiger partial charge on any atom is 0.335 e. The van der Waals surface area contributed by atoms with E-state index in [0.717, 1.165) is 28.4 Å². The first-order chi connectivity index (χ1) is 11.8. The third-order valence-corrected chi connectivity index (χ3v) is 4.30. The summed E-state index contributed by atoms with van der Waals surface area (Å²) in [6.45, 7) is 3.78. The Kier molecular flexibility index (Phi) is 4.00. The predicted molar refractivity (Wildman–Crippen MR) is 90.3 cm³/mol. The van der Waals surface area contributed by atoms with Gasteiger partial charge in [-0.05, 0) is 55.8 Å². The highest BCUT2D eigenvalue weighted by Crippen LogP contribution is 2.23. The Bertz CT molecular complexity index is 926. The summed E-state index contributed by atoms with van der Waals surface area (Å²) in [5, 5.41) is 2.14. The van der Waals surface area contributed by atoms with Gasteiger partial charge in [0.05, 0.1) is 5.69 Å². The van der Waals surface area contributed by atoms with Gasteiger partial charge in [0.15, 0.2) is 0 Å². The fourth-order valence-corrected chi connectivity index (χ4v) is 2.67. The number of urea groups is 1. The molecular weight excluding hydrogens is 325 g/mol. The first-order valence-corrected chi connectivity index (χ1v) is 7.59. The first kappa shape index (κ1) is 16.6. The van der Waals surface area contributed by atoms with Crippen LogP contribution in [0.2, 0.25) is 0 Å². The van der Waals surface area contributed by atoms with Crippen LogP contribution < -0.4 is 10.2 Å². The Labute approximate surface area is 143 Å². The van der Waals surface area contributed by atoms with Crippen molar-refractivity contribution in [2.45, 2.75) is 13.8 Å². The van der Waals surface area contributed by atoms with Crippen molar-refractivity contribution in [2.75, 3.05) is 4.90 Å². The molecule has 0 spiro atoms. The number of rotatable bonds is 2. The van der Waals surface area contributed by atoms with Gasteiger partial charge in [-0.15, -0.1) is 0 Å². The number of nitrogens with zero attached hydrogens (tertiary/aromatic N) is 2. The van der Waals surface area contributed by atoms with Crippen molar-refractivity contribution >= 4 is 29.6 Å². The monoisotopic (exact) mass is 341 g/mol. The number of hydrogen-bond acceptors (Lipinski definition) is 3. The highest BCUT2D eigenvalue weighted by molar-refractivity contribution is 6.39. The molecule has 0 aliphatic carbocycles. The lowest BCUT2D eigenvalue weighted by atomic mass is 10.1. The molecule has 0 radical (unpaired) electrons. The van der Waals surface area contributed by atoms with E-state index in [4.69, 9.17) is 0 Å². The molecule has 1 N–H and O–H groups in total. The molecule has 0 saturated carbocycles. The third kappa shape index (κ3) is 2.84. The standard InChI is InChI=1S/C18H16FN3O3/c1-10-8-12(11(2)21(10)3)9-15-16(23)20-18(25)22(17(15)24)14-6-4-13(19)5-7-14/h4-9H,1-3H3,(H,20,23,25)/b15-9+. The Hall–Kier alpha value is -3.22. The van der Waals surface area contributed by atoms with Gasteiger partial charge in [0.25, 0.3) is 11.8 Å². The molecule has 1 saturated heterocycles. The zero-order chi connectivity index (χ0) is 18.3. The SMILES string of the molecule is Cc1cc(/C=C2\C(=O)NC(=O)N(c3ccc(F)cc3)C2=O)c(C)n1C. The van der Waals surface area contributed by atoms with Gasteiger partial charge >= 0.3 is 6.03 Å². The van der Waals surface area contributed by atoms with Gasteiger partial charge in [0.2, 0.25) is 0 Å². The van der Waals surface area contributed by atoms with Gasteiger partial charge in [-0.25, -0.2) is 14.1 Å². The van der Waals surface area contributed by atoms with E-state index in [-0.39, 0.29) is 11.3 Å². The van der Waals surface area contributed by atoms with Crippen molar-refractivity contribution in [1.82, 2.24) is 9.88 Å². The lowest BCUT2D eigenvalue weighted by Crippen LogP contribution is -2.54. The topological polar surface area (TPSA) is 71.4 Å². The average molecular weight is 341 g/mol. The number of hydrogen-bond donors (Lipinski definition) is 1. The first-order valence-electron chi connectivity index (χ1n) is 7.59. The molecule has 1 fully saturated rings. The summed E-state index contributed by atoms with van der Waals surface area (Å²) in [5.74, 6) is -1.99. The molecule has 2 aromatic rings. The number of nitrogens with one attached hydrogen (secondary N) is 1. The largest absolute Gasteiger partial charge is 0.352 e. The van der Waals surface area contributed by atoms with Crippen molar-refractivity contribution < 1.29 is 18.8 Å². The van der Waals surface area contributed by atoms with Crippen molar-refractivity contribution in [3.63, 3.8) is 0 Å². The number of barbiturate groups is 1. The van der Waals surface area contributed by atoms with E-state index in [9.17, 15) is 18.8 Å². The maximum absolute atomic E-state index is 13.1. The Morgan fingerprint density at radius 3 is 2.28 bits per heavy atom. The molecule has 1 aromatic heterocycles. The second-order valence-corrected chi connectivity index (χ2v) is 5.82. The normalized spacial score (nSPS) is 16.6. The van der Waals surface area contributed by atoms with Gasteiger partial charge in [0.1, 0.15) is 11.4 Å². The van der Waals surface area contributed by atoms with E-state index >= 15 is 0 Å². The van der Waals surface area contributed by atoms with Crippen molar-refractivity contribution in [3.05, 3.63) is 58.7 Å². The van der Waals surface area contributed by atoms with E-state index in [2.05, 4.69) is 5.32 Å². The summed E-state index contributed by atoms with van der Waals surface area (Å²) in [4.78, 5) is 37.7. The Morgan fingerprint density at radius 2 is 1.72 bits per heavy atom. The summed E-state index contributed by atoms with van der Waals surface area (Å²) >= 11 is 0. The van der Waals surface area contributed by atoms with Crippen LogP contribution in [0.1, 0.15) is 17.0 Å². The van der Waals surface area contributed by atoms with Crippen LogP contribution in [0.15, 0.2) is 35.9 Å². The van der Waals surface area contributed by atoms with Gasteiger partial charge in [-0.2, -0.15) is 0 Å². The molecule has 0 atom stereocenters. The van der Waals surface area contributed by atoms with Crippen molar-refractivity contribution in [1.29, 1.82) is 0 Å². The van der Waals surface area contributed by atoms with Crippen LogP contribution in [0.25, 0.3) is 6.08 Å². The molecule has 4 amide bonds. The molecule has 0 bridgehead atoms. The summed E-state index contributed by atoms with van der Waals surface area (Å²) in [6.07, 6.45) is 1.46. The lowest BCUT2D eigenvalue weighted by Gasteiger charge is -2.26. The number of anilines is 1. The molecule has 2 heterocycles. The number of carbonyl (C=O) groups is 3. The van der Waals surface area contributed by atoms with Crippen LogP contribution in [0.4, 0.5) is 14.9 Å². The number of halogens is 1. The van der Waals surface area contributed by atoms with E-state index in [0.29, 0.717) is 5.56 Å². The number of aromatic nitrogens is 1. The minimum atomic E-state index is -0.861. The fourth-order valence-electron chi connectivity index (χ4n) is 2.67. The average Bonchev–Trinajstić information content (AvgIpc) is 2.80. The van der Waals surface area contributed by atoms with Crippen LogP contribution in [0, 0.1) is 19.7 Å². The molecule has 0 unspecified atom stereocenters. The van der Waals surface area contributed by atoms with Gasteiger partial charge in [-0.1, -0.05) is 0 Å². The van der Waals surface area contributed by atoms with Crippen LogP contribution >= 0.6 is 0 Å². The highest BCUT2D eigenvalue weighted by Gasteiger charge is 2.36. The minimum absolute atomic E-state index is 0.155. The Morgan fingerprint density at radius 1 is 1.08 bits per heavy atom. The maximum atomic E-state index is 13.1.